The number of hydrogen-bond acceptors (Lipinski definition) is 6. The van der Waals surface area contributed by atoms with E-state index in [1.807, 2.05) is 66.6 Å². The average Bonchev–Trinajstić information content (AvgIpc) is 3.32. The molecule has 0 spiro atoms. The lowest BCUT2D eigenvalue weighted by atomic mass is 10.1. The number of nitrogens with zero attached hydrogens (tertiary/aromatic N) is 6. The van der Waals surface area contributed by atoms with Gasteiger partial charge >= 0.3 is 0 Å². The standard InChI is InChI=1S/C27H26N6O2/c1-2-35-23-15-24(27-22(16-28)18-30-33(27)19-23)21-8-9-25(29-17-21)31-10-12-32(13-11-31)26(34)14-20-6-4-3-5-7-20/h3-9,15,17-19H,2,10-14H2,1H3. The second kappa shape index (κ2) is 9.85. The van der Waals surface area contributed by atoms with Crippen LogP contribution in [0.25, 0.3) is 16.6 Å². The molecule has 0 saturated carbocycles. The fourth-order valence-electron chi connectivity index (χ4n) is 4.44. The first-order chi connectivity index (χ1) is 17.2. The first-order valence-electron chi connectivity index (χ1n) is 11.7. The van der Waals surface area contributed by atoms with Gasteiger partial charge in [0.25, 0.3) is 0 Å². The minimum absolute atomic E-state index is 0.159. The Morgan fingerprint density at radius 1 is 1.09 bits per heavy atom. The molecule has 0 atom stereocenters. The first-order valence-corrected chi connectivity index (χ1v) is 11.7. The summed E-state index contributed by atoms with van der Waals surface area (Å²) in [7, 11) is 0. The van der Waals surface area contributed by atoms with Crippen LogP contribution in [0.15, 0.2) is 67.1 Å². The van der Waals surface area contributed by atoms with Crippen LogP contribution in [0, 0.1) is 11.3 Å². The third-order valence-electron chi connectivity index (χ3n) is 6.23. The summed E-state index contributed by atoms with van der Waals surface area (Å²) in [6.07, 6.45) is 5.60. The molecule has 0 N–H and O–H groups in total. The third-order valence-corrected chi connectivity index (χ3v) is 6.23. The summed E-state index contributed by atoms with van der Waals surface area (Å²) >= 11 is 0. The number of rotatable bonds is 6. The summed E-state index contributed by atoms with van der Waals surface area (Å²) < 4.78 is 7.38. The van der Waals surface area contributed by atoms with E-state index in [0.717, 1.165) is 41.1 Å². The fraction of sp³-hybridized carbons (Fsp3) is 0.259. The van der Waals surface area contributed by atoms with Crippen LogP contribution in [0.2, 0.25) is 0 Å². The maximum Gasteiger partial charge on any atom is 0.227 e. The van der Waals surface area contributed by atoms with Crippen molar-refractivity contribution in [2.45, 2.75) is 13.3 Å². The Hall–Kier alpha value is -4.38. The highest BCUT2D eigenvalue weighted by Gasteiger charge is 2.22. The monoisotopic (exact) mass is 466 g/mol. The van der Waals surface area contributed by atoms with Crippen molar-refractivity contribution in [3.8, 4) is 22.9 Å². The van der Waals surface area contributed by atoms with Gasteiger partial charge in [0.2, 0.25) is 5.91 Å². The van der Waals surface area contributed by atoms with E-state index in [-0.39, 0.29) is 5.91 Å². The van der Waals surface area contributed by atoms with Crippen molar-refractivity contribution in [2.24, 2.45) is 0 Å². The topological polar surface area (TPSA) is 86.8 Å². The zero-order valence-electron chi connectivity index (χ0n) is 19.6. The molecule has 0 bridgehead atoms. The van der Waals surface area contributed by atoms with Gasteiger partial charge in [-0.2, -0.15) is 10.4 Å². The van der Waals surface area contributed by atoms with Crippen LogP contribution in [0.3, 0.4) is 0 Å². The van der Waals surface area contributed by atoms with Crippen molar-refractivity contribution in [1.82, 2.24) is 19.5 Å². The number of nitriles is 1. The number of ether oxygens (including phenoxy) is 1. The van der Waals surface area contributed by atoms with E-state index in [1.165, 1.54) is 0 Å². The van der Waals surface area contributed by atoms with Gasteiger partial charge in [-0.15, -0.1) is 0 Å². The van der Waals surface area contributed by atoms with Gasteiger partial charge in [0.05, 0.1) is 36.5 Å². The molecule has 1 fully saturated rings. The zero-order chi connectivity index (χ0) is 24.2. The van der Waals surface area contributed by atoms with Crippen molar-refractivity contribution in [2.75, 3.05) is 37.7 Å². The van der Waals surface area contributed by atoms with Crippen molar-refractivity contribution in [3.05, 3.63) is 78.2 Å². The van der Waals surface area contributed by atoms with Crippen LogP contribution in [0.1, 0.15) is 18.1 Å². The van der Waals surface area contributed by atoms with E-state index in [9.17, 15) is 10.1 Å². The molecule has 1 saturated heterocycles. The molecular formula is C27H26N6O2. The highest BCUT2D eigenvalue weighted by atomic mass is 16.5. The van der Waals surface area contributed by atoms with Gasteiger partial charge in [0.1, 0.15) is 17.6 Å². The Labute approximate surface area is 204 Å². The minimum atomic E-state index is 0.159. The van der Waals surface area contributed by atoms with Crippen LogP contribution in [0.4, 0.5) is 5.82 Å². The van der Waals surface area contributed by atoms with E-state index in [2.05, 4.69) is 16.1 Å². The van der Waals surface area contributed by atoms with E-state index >= 15 is 0 Å². The molecule has 1 aliphatic rings. The second-order valence-corrected chi connectivity index (χ2v) is 8.42. The van der Waals surface area contributed by atoms with Crippen molar-refractivity contribution >= 4 is 17.2 Å². The number of anilines is 1. The molecular weight excluding hydrogens is 440 g/mol. The molecule has 35 heavy (non-hydrogen) atoms. The van der Waals surface area contributed by atoms with E-state index < -0.39 is 0 Å². The summed E-state index contributed by atoms with van der Waals surface area (Å²) in [5, 5.41) is 13.9. The highest BCUT2D eigenvalue weighted by Crippen LogP contribution is 2.31. The van der Waals surface area contributed by atoms with Gasteiger partial charge in [-0.1, -0.05) is 30.3 Å². The number of pyridine rings is 2. The van der Waals surface area contributed by atoms with E-state index in [1.54, 1.807) is 16.9 Å². The molecule has 0 unspecified atom stereocenters. The number of hydrogen-bond donors (Lipinski definition) is 0. The molecule has 176 valence electrons. The molecule has 4 heterocycles. The molecule has 3 aromatic heterocycles. The molecule has 8 heteroatoms. The molecule has 1 amide bonds. The summed E-state index contributed by atoms with van der Waals surface area (Å²) in [5.41, 5.74) is 4.01. The third kappa shape index (κ3) is 4.66. The van der Waals surface area contributed by atoms with Gasteiger partial charge in [-0.25, -0.2) is 9.50 Å². The van der Waals surface area contributed by atoms with Gasteiger partial charge in [0, 0.05) is 43.5 Å². The molecule has 1 aliphatic heterocycles. The maximum atomic E-state index is 12.7. The lowest BCUT2D eigenvalue weighted by molar-refractivity contribution is -0.130. The molecule has 0 aliphatic carbocycles. The summed E-state index contributed by atoms with van der Waals surface area (Å²) in [5.74, 6) is 1.71. The Morgan fingerprint density at radius 3 is 2.57 bits per heavy atom. The first kappa shape index (κ1) is 22.4. The Morgan fingerprint density at radius 2 is 1.89 bits per heavy atom. The van der Waals surface area contributed by atoms with E-state index in [0.29, 0.717) is 37.4 Å². The molecule has 0 radical (unpaired) electrons. The highest BCUT2D eigenvalue weighted by molar-refractivity contribution is 5.85. The number of fused-ring (bicyclic) bond motifs is 1. The number of aromatic nitrogens is 3. The van der Waals surface area contributed by atoms with Crippen LogP contribution in [-0.4, -0.2) is 58.2 Å². The number of amides is 1. The molecule has 1 aromatic carbocycles. The maximum absolute atomic E-state index is 12.7. The average molecular weight is 467 g/mol. The normalized spacial score (nSPS) is 13.6. The van der Waals surface area contributed by atoms with Gasteiger partial charge in [-0.3, -0.25) is 4.79 Å². The largest absolute Gasteiger partial charge is 0.492 e. The van der Waals surface area contributed by atoms with Crippen molar-refractivity contribution in [1.29, 1.82) is 5.26 Å². The number of piperazine rings is 1. The van der Waals surface area contributed by atoms with Gasteiger partial charge in [-0.05, 0) is 30.7 Å². The molecule has 5 rings (SSSR count). The second-order valence-electron chi connectivity index (χ2n) is 8.42. The summed E-state index contributed by atoms with van der Waals surface area (Å²) in [4.78, 5) is 21.5. The van der Waals surface area contributed by atoms with Crippen LogP contribution in [-0.2, 0) is 11.2 Å². The predicted octanol–water partition coefficient (Wildman–Crippen LogP) is 3.56. The van der Waals surface area contributed by atoms with E-state index in [4.69, 9.17) is 9.72 Å². The Bertz CT molecular complexity index is 1370. The Kier molecular flexibility index (Phi) is 6.31. The lowest BCUT2D eigenvalue weighted by Crippen LogP contribution is -2.49. The van der Waals surface area contributed by atoms with Crippen molar-refractivity contribution < 1.29 is 9.53 Å². The van der Waals surface area contributed by atoms with Crippen molar-refractivity contribution in [3.63, 3.8) is 0 Å². The number of carbonyl (C=O) groups is 1. The summed E-state index contributed by atoms with van der Waals surface area (Å²) in [6.45, 7) is 5.28. The van der Waals surface area contributed by atoms with Crippen LogP contribution in [0.5, 0.6) is 5.75 Å². The molecule has 8 nitrogen and oxygen atoms in total. The zero-order valence-corrected chi connectivity index (χ0v) is 19.6. The number of benzene rings is 1. The smallest absolute Gasteiger partial charge is 0.227 e. The number of carbonyl (C=O) groups excluding carboxylic acids is 1. The Balaban J connectivity index is 1.30. The van der Waals surface area contributed by atoms with Gasteiger partial charge < -0.3 is 14.5 Å². The van der Waals surface area contributed by atoms with Crippen LogP contribution >= 0.6 is 0 Å². The fourth-order valence-corrected chi connectivity index (χ4v) is 4.44. The quantitative estimate of drug-likeness (QED) is 0.432. The minimum Gasteiger partial charge on any atom is -0.492 e. The lowest BCUT2D eigenvalue weighted by Gasteiger charge is -2.35. The SMILES string of the molecule is CCOc1cc(-c2ccc(N3CCN(C(=O)Cc4ccccc4)CC3)nc2)c2c(C#N)cnn2c1. The van der Waals surface area contributed by atoms with Gasteiger partial charge in [0.15, 0.2) is 0 Å². The predicted molar refractivity (Wildman–Crippen MR) is 133 cm³/mol. The van der Waals surface area contributed by atoms with Crippen LogP contribution < -0.4 is 9.64 Å². The molecule has 4 aromatic rings. The summed E-state index contributed by atoms with van der Waals surface area (Å²) in [6, 6.07) is 18.0.